The van der Waals surface area contributed by atoms with Crippen LogP contribution >= 0.6 is 0 Å². The molecule has 4 heteroatoms. The number of benzene rings is 1. The first-order valence-corrected chi connectivity index (χ1v) is 7.39. The molecule has 0 saturated heterocycles. The fraction of sp³-hybridized carbons (Fsp3) is 0.471. The number of ether oxygens (including phenoxy) is 3. The van der Waals surface area contributed by atoms with Gasteiger partial charge in [-0.25, -0.2) is 4.79 Å². The van der Waals surface area contributed by atoms with E-state index in [1.54, 1.807) is 6.08 Å². The first kappa shape index (κ1) is 17.1. The lowest BCUT2D eigenvalue weighted by Crippen LogP contribution is -2.11. The molecule has 0 amide bonds. The molecule has 1 unspecified atom stereocenters. The highest BCUT2D eigenvalue weighted by Gasteiger charge is 2.09. The maximum absolute atomic E-state index is 11.7. The van der Waals surface area contributed by atoms with E-state index in [4.69, 9.17) is 14.2 Å². The van der Waals surface area contributed by atoms with E-state index in [0.717, 1.165) is 12.0 Å². The van der Waals surface area contributed by atoms with Crippen molar-refractivity contribution in [3.8, 4) is 11.5 Å². The Morgan fingerprint density at radius 3 is 2.19 bits per heavy atom. The van der Waals surface area contributed by atoms with Crippen LogP contribution in [0.2, 0.25) is 0 Å². The molecule has 1 atom stereocenters. The summed E-state index contributed by atoms with van der Waals surface area (Å²) in [4.78, 5) is 11.7. The molecular formula is C17H24O4. The summed E-state index contributed by atoms with van der Waals surface area (Å²) in [5.41, 5.74) is 0.752. The van der Waals surface area contributed by atoms with E-state index in [1.165, 1.54) is 6.08 Å². The molecule has 0 aliphatic rings. The minimum atomic E-state index is -0.363. The van der Waals surface area contributed by atoms with Crippen molar-refractivity contribution in [2.45, 2.75) is 40.2 Å². The van der Waals surface area contributed by atoms with Gasteiger partial charge in [-0.1, -0.05) is 13.0 Å². The summed E-state index contributed by atoms with van der Waals surface area (Å²) in [6.45, 7) is 8.77. The summed E-state index contributed by atoms with van der Waals surface area (Å²) in [5, 5.41) is 0. The van der Waals surface area contributed by atoms with E-state index in [0.29, 0.717) is 24.7 Å². The number of rotatable bonds is 8. The summed E-state index contributed by atoms with van der Waals surface area (Å²) in [5.74, 6) is 1.02. The molecule has 0 spiro atoms. The third-order valence-electron chi connectivity index (χ3n) is 2.90. The fourth-order valence-electron chi connectivity index (χ4n) is 1.72. The predicted molar refractivity (Wildman–Crippen MR) is 83.7 cm³/mol. The monoisotopic (exact) mass is 292 g/mol. The Bertz CT molecular complexity index is 455. The van der Waals surface area contributed by atoms with Gasteiger partial charge in [-0.15, -0.1) is 0 Å². The molecule has 1 rings (SSSR count). The largest absolute Gasteiger partial charge is 0.493 e. The molecule has 1 aromatic rings. The van der Waals surface area contributed by atoms with Gasteiger partial charge < -0.3 is 14.2 Å². The van der Waals surface area contributed by atoms with Crippen molar-refractivity contribution in [3.63, 3.8) is 0 Å². The molecule has 0 N–H and O–H groups in total. The molecule has 0 radical (unpaired) electrons. The first-order chi connectivity index (χ1) is 10.1. The van der Waals surface area contributed by atoms with Gasteiger partial charge in [0.2, 0.25) is 0 Å². The molecule has 0 bridgehead atoms. The number of carbonyl (C=O) groups is 1. The summed E-state index contributed by atoms with van der Waals surface area (Å²) in [7, 11) is 0. The Labute approximate surface area is 126 Å². The van der Waals surface area contributed by atoms with Gasteiger partial charge in [0.1, 0.15) is 11.5 Å². The number of hydrogen-bond acceptors (Lipinski definition) is 4. The Balaban J connectivity index is 2.95. The lowest BCUT2D eigenvalue weighted by molar-refractivity contribution is -0.142. The van der Waals surface area contributed by atoms with Crippen LogP contribution in [-0.4, -0.2) is 25.3 Å². The van der Waals surface area contributed by atoms with E-state index in [-0.39, 0.29) is 12.1 Å². The maximum atomic E-state index is 11.7. The minimum absolute atomic E-state index is 0.0874. The topological polar surface area (TPSA) is 44.8 Å². The summed E-state index contributed by atoms with van der Waals surface area (Å²) in [6, 6.07) is 5.57. The van der Waals surface area contributed by atoms with Gasteiger partial charge in [-0.2, -0.15) is 0 Å². The van der Waals surface area contributed by atoms with Crippen LogP contribution in [0, 0.1) is 0 Å². The standard InChI is InChI=1S/C17H24O4/c1-5-13(4)21-17(18)12-11-14-15(19-6-2)9-8-10-16(14)20-7-3/h8-13H,5-7H2,1-4H3. The molecular weight excluding hydrogens is 268 g/mol. The first-order valence-electron chi connectivity index (χ1n) is 7.39. The van der Waals surface area contributed by atoms with Crippen LogP contribution in [0.25, 0.3) is 6.08 Å². The van der Waals surface area contributed by atoms with E-state index >= 15 is 0 Å². The molecule has 0 aliphatic heterocycles. The molecule has 0 aliphatic carbocycles. The van der Waals surface area contributed by atoms with Crippen LogP contribution in [0.15, 0.2) is 24.3 Å². The summed E-state index contributed by atoms with van der Waals surface area (Å²) in [6.07, 6.45) is 3.79. The van der Waals surface area contributed by atoms with Crippen LogP contribution in [0.3, 0.4) is 0 Å². The zero-order valence-corrected chi connectivity index (χ0v) is 13.2. The van der Waals surface area contributed by atoms with Crippen LogP contribution in [0.1, 0.15) is 39.7 Å². The zero-order chi connectivity index (χ0) is 15.7. The number of carbonyl (C=O) groups excluding carboxylic acids is 1. The average molecular weight is 292 g/mol. The molecule has 0 fully saturated rings. The lowest BCUT2D eigenvalue weighted by atomic mass is 10.1. The van der Waals surface area contributed by atoms with Crippen LogP contribution in [0.4, 0.5) is 0 Å². The number of hydrogen-bond donors (Lipinski definition) is 0. The summed E-state index contributed by atoms with van der Waals surface area (Å²) >= 11 is 0. The average Bonchev–Trinajstić information content (AvgIpc) is 2.47. The summed E-state index contributed by atoms with van der Waals surface area (Å²) < 4.78 is 16.4. The second kappa shape index (κ2) is 9.06. The Morgan fingerprint density at radius 1 is 1.14 bits per heavy atom. The van der Waals surface area contributed by atoms with Crippen molar-refractivity contribution in [1.82, 2.24) is 0 Å². The predicted octanol–water partition coefficient (Wildman–Crippen LogP) is 3.84. The molecule has 0 heterocycles. The van der Waals surface area contributed by atoms with Gasteiger partial charge >= 0.3 is 5.97 Å². The van der Waals surface area contributed by atoms with Crippen LogP contribution in [0.5, 0.6) is 11.5 Å². The maximum Gasteiger partial charge on any atom is 0.331 e. The smallest absolute Gasteiger partial charge is 0.331 e. The third kappa shape index (κ3) is 5.50. The van der Waals surface area contributed by atoms with Gasteiger partial charge in [0.05, 0.1) is 24.9 Å². The minimum Gasteiger partial charge on any atom is -0.493 e. The zero-order valence-electron chi connectivity index (χ0n) is 13.2. The highest BCUT2D eigenvalue weighted by molar-refractivity contribution is 5.88. The Morgan fingerprint density at radius 2 is 1.71 bits per heavy atom. The number of esters is 1. The van der Waals surface area contributed by atoms with E-state index in [2.05, 4.69) is 0 Å². The van der Waals surface area contributed by atoms with E-state index in [1.807, 2.05) is 45.9 Å². The van der Waals surface area contributed by atoms with Gasteiger partial charge in [0.25, 0.3) is 0 Å². The molecule has 1 aromatic carbocycles. The second-order valence-electron chi connectivity index (χ2n) is 4.52. The van der Waals surface area contributed by atoms with Crippen LogP contribution < -0.4 is 9.47 Å². The molecule has 0 saturated carbocycles. The quantitative estimate of drug-likeness (QED) is 0.539. The van der Waals surface area contributed by atoms with Crippen molar-refractivity contribution < 1.29 is 19.0 Å². The molecule has 0 aromatic heterocycles. The third-order valence-corrected chi connectivity index (χ3v) is 2.90. The van der Waals surface area contributed by atoms with Crippen molar-refractivity contribution in [2.24, 2.45) is 0 Å². The highest BCUT2D eigenvalue weighted by Crippen LogP contribution is 2.30. The van der Waals surface area contributed by atoms with E-state index in [9.17, 15) is 4.79 Å². The second-order valence-corrected chi connectivity index (χ2v) is 4.52. The van der Waals surface area contributed by atoms with Crippen molar-refractivity contribution in [2.75, 3.05) is 13.2 Å². The SMILES string of the molecule is CCOc1cccc(OCC)c1C=CC(=O)OC(C)CC. The van der Waals surface area contributed by atoms with Crippen molar-refractivity contribution in [1.29, 1.82) is 0 Å². The Hall–Kier alpha value is -1.97. The molecule has 116 valence electrons. The van der Waals surface area contributed by atoms with Crippen molar-refractivity contribution in [3.05, 3.63) is 29.8 Å². The molecule has 4 nitrogen and oxygen atoms in total. The highest BCUT2D eigenvalue weighted by atomic mass is 16.5. The van der Waals surface area contributed by atoms with E-state index < -0.39 is 0 Å². The van der Waals surface area contributed by atoms with Gasteiger partial charge in [-0.3, -0.25) is 0 Å². The van der Waals surface area contributed by atoms with Crippen molar-refractivity contribution >= 4 is 12.0 Å². The Kier molecular flexibility index (Phi) is 7.37. The lowest BCUT2D eigenvalue weighted by Gasteiger charge is -2.12. The van der Waals surface area contributed by atoms with Gasteiger partial charge in [-0.05, 0) is 45.4 Å². The van der Waals surface area contributed by atoms with Crippen LogP contribution in [-0.2, 0) is 9.53 Å². The van der Waals surface area contributed by atoms with Gasteiger partial charge in [0, 0.05) is 6.08 Å². The fourth-order valence-corrected chi connectivity index (χ4v) is 1.72. The normalized spacial score (nSPS) is 12.2. The molecule has 21 heavy (non-hydrogen) atoms. The van der Waals surface area contributed by atoms with Gasteiger partial charge in [0.15, 0.2) is 0 Å².